The molecule has 0 aromatic carbocycles. The van der Waals surface area contributed by atoms with E-state index < -0.39 is 0 Å². The van der Waals surface area contributed by atoms with E-state index in [0.717, 1.165) is 17.1 Å². The summed E-state index contributed by atoms with van der Waals surface area (Å²) >= 11 is 0. The number of hydrogen-bond acceptors (Lipinski definition) is 2. The zero-order valence-corrected chi connectivity index (χ0v) is 10.1. The Balaban J connectivity index is 1.68. The van der Waals surface area contributed by atoms with Crippen LogP contribution in [0.2, 0.25) is 6.04 Å². The molecule has 2 nitrogen and oxygen atoms in total. The number of rotatable bonds is 6. The van der Waals surface area contributed by atoms with Gasteiger partial charge in [-0.3, -0.25) is 0 Å². The van der Waals surface area contributed by atoms with Crippen LogP contribution in [0.5, 0.6) is 0 Å². The highest BCUT2D eigenvalue weighted by Gasteiger charge is 2.20. The summed E-state index contributed by atoms with van der Waals surface area (Å²) in [6, 6.07) is 1.37. The second-order valence-electron chi connectivity index (χ2n) is 2.80. The van der Waals surface area contributed by atoms with Crippen LogP contribution in [0.3, 0.4) is 0 Å². The van der Waals surface area contributed by atoms with Crippen LogP contribution in [0.1, 0.15) is 19.3 Å². The molecule has 0 spiro atoms. The molecule has 1 atom stereocenters. The lowest BCUT2D eigenvalue weighted by atomic mass is 10.2. The van der Waals surface area contributed by atoms with Gasteiger partial charge in [0.2, 0.25) is 0 Å². The summed E-state index contributed by atoms with van der Waals surface area (Å²) in [5, 5.41) is 0. The summed E-state index contributed by atoms with van der Waals surface area (Å²) in [6.07, 6.45) is 4.64. The summed E-state index contributed by atoms with van der Waals surface area (Å²) in [5.74, 6) is 0. The van der Waals surface area contributed by atoms with Crippen LogP contribution in [-0.4, -0.2) is 33.0 Å². The Morgan fingerprint density at radius 2 is 2.40 bits per heavy atom. The molecule has 0 aromatic rings. The van der Waals surface area contributed by atoms with Gasteiger partial charge in [0.25, 0.3) is 0 Å². The predicted molar refractivity (Wildman–Crippen MR) is 48.0 cm³/mol. The summed E-state index contributed by atoms with van der Waals surface area (Å²) in [7, 11) is 0.872. The van der Waals surface area contributed by atoms with E-state index in [4.69, 9.17) is 8.85 Å². The highest BCUT2D eigenvalue weighted by Crippen LogP contribution is 2.16. The third-order valence-electron chi connectivity index (χ3n) is 1.78. The zero-order chi connectivity index (χ0) is 7.23. The molecule has 0 bridgehead atoms. The number of hydrogen-bond donors (Lipinski definition) is 0. The van der Waals surface area contributed by atoms with Crippen molar-refractivity contribution in [3.05, 3.63) is 0 Å². The largest absolute Gasteiger partial charge is 0.468 e. The van der Waals surface area contributed by atoms with Crippen molar-refractivity contribution in [2.24, 2.45) is 0 Å². The molecule has 10 heavy (non-hydrogen) atoms. The van der Waals surface area contributed by atoms with Gasteiger partial charge in [0.1, 0.15) is 20.2 Å². The summed E-state index contributed by atoms with van der Waals surface area (Å²) in [6.45, 7) is 1.02. The molecule has 1 aliphatic heterocycles. The van der Waals surface area contributed by atoms with E-state index in [1.807, 2.05) is 0 Å². The Hall–Kier alpha value is 0.354. The molecule has 1 aliphatic rings. The Bertz CT molecular complexity index is 85.8. The van der Waals surface area contributed by atoms with E-state index in [9.17, 15) is 0 Å². The van der Waals surface area contributed by atoms with Crippen molar-refractivity contribution in [1.82, 2.24) is 0 Å². The third kappa shape index (κ3) is 4.21. The van der Waals surface area contributed by atoms with Gasteiger partial charge in [0.05, 0.1) is 12.7 Å². The lowest BCUT2D eigenvalue weighted by molar-refractivity contribution is 0.390. The van der Waals surface area contributed by atoms with E-state index in [1.165, 1.54) is 25.3 Å². The van der Waals surface area contributed by atoms with Crippen molar-refractivity contribution in [3.63, 3.8) is 0 Å². The van der Waals surface area contributed by atoms with E-state index in [1.54, 1.807) is 0 Å². The van der Waals surface area contributed by atoms with Crippen LogP contribution < -0.4 is 0 Å². The van der Waals surface area contributed by atoms with Gasteiger partial charge in [-0.05, 0) is 12.5 Å². The van der Waals surface area contributed by atoms with Crippen LogP contribution in [-0.2, 0) is 8.85 Å². The maximum Gasteiger partial charge on any atom is 0.145 e. The highest BCUT2D eigenvalue weighted by atomic mass is 28.3. The number of ether oxygens (including phenoxy) is 1. The predicted octanol–water partition coefficient (Wildman–Crippen LogP) is -0.645. The summed E-state index contributed by atoms with van der Waals surface area (Å²) in [4.78, 5) is 0. The maximum absolute atomic E-state index is 5.21. The molecule has 4 heteroatoms. The fraction of sp³-hybridized carbons (Fsp3) is 1.00. The Labute approximate surface area is 67.8 Å². The van der Waals surface area contributed by atoms with Crippen LogP contribution in [0, 0.1) is 0 Å². The number of epoxide rings is 1. The van der Waals surface area contributed by atoms with Gasteiger partial charge in [0, 0.05) is 0 Å². The monoisotopic (exact) mass is 176 g/mol. The Kier molecular flexibility index (Phi) is 4.28. The first-order valence-corrected chi connectivity index (χ1v) is 6.43. The zero-order valence-electron chi connectivity index (χ0n) is 6.64. The second-order valence-corrected chi connectivity index (χ2v) is 6.22. The lowest BCUT2D eigenvalue weighted by Crippen LogP contribution is -1.94. The van der Waals surface area contributed by atoms with Crippen molar-refractivity contribution in [1.29, 1.82) is 0 Å². The molecule has 1 saturated heterocycles. The minimum atomic E-state index is -0.0819. The fourth-order valence-electron chi connectivity index (χ4n) is 1.03. The van der Waals surface area contributed by atoms with Gasteiger partial charge in [-0.1, -0.05) is 12.8 Å². The van der Waals surface area contributed by atoms with Crippen LogP contribution in [0.25, 0.3) is 0 Å². The van der Waals surface area contributed by atoms with Gasteiger partial charge >= 0.3 is 0 Å². The average Bonchev–Trinajstić information content (AvgIpc) is 2.71. The SMILES string of the molecule is [SiH3]O[SiH2]CCCCC1CO1. The molecule has 0 amide bonds. The first-order chi connectivity index (χ1) is 4.93. The maximum atomic E-state index is 5.21. The molecule has 0 N–H and O–H groups in total. The van der Waals surface area contributed by atoms with Gasteiger partial charge in [-0.2, -0.15) is 0 Å². The molecule has 0 aromatic heterocycles. The third-order valence-corrected chi connectivity index (χ3v) is 4.20. The standard InChI is InChI=1S/C6H16O2Si2/c9-8-10-4-2-1-3-6-5-7-6/h6H,1-5,10H2,9H3. The van der Waals surface area contributed by atoms with Gasteiger partial charge in [-0.15, -0.1) is 0 Å². The summed E-state index contributed by atoms with van der Waals surface area (Å²) in [5.41, 5.74) is 0. The van der Waals surface area contributed by atoms with E-state index in [0.29, 0.717) is 6.10 Å². The second kappa shape index (κ2) is 5.06. The van der Waals surface area contributed by atoms with Crippen molar-refractivity contribution in [2.75, 3.05) is 6.61 Å². The fourth-order valence-corrected chi connectivity index (χ4v) is 2.74. The molecule has 0 aliphatic carbocycles. The van der Waals surface area contributed by atoms with Crippen molar-refractivity contribution in [2.45, 2.75) is 31.4 Å². The van der Waals surface area contributed by atoms with Crippen molar-refractivity contribution < 1.29 is 8.85 Å². The smallest absolute Gasteiger partial charge is 0.145 e. The van der Waals surface area contributed by atoms with Crippen LogP contribution in [0.4, 0.5) is 0 Å². The van der Waals surface area contributed by atoms with Gasteiger partial charge in [0.15, 0.2) is 0 Å². The molecule has 1 heterocycles. The first-order valence-electron chi connectivity index (χ1n) is 4.04. The molecular formula is C6H16O2Si2. The molecule has 1 fully saturated rings. The van der Waals surface area contributed by atoms with Crippen molar-refractivity contribution >= 4 is 20.2 Å². The summed E-state index contributed by atoms with van der Waals surface area (Å²) < 4.78 is 10.3. The molecule has 60 valence electrons. The normalized spacial score (nSPS) is 24.6. The topological polar surface area (TPSA) is 21.8 Å². The average molecular weight is 176 g/mol. The first kappa shape index (κ1) is 8.45. The number of unbranched alkanes of at least 4 members (excludes halogenated alkanes) is 1. The lowest BCUT2D eigenvalue weighted by Gasteiger charge is -1.96. The van der Waals surface area contributed by atoms with E-state index in [-0.39, 0.29) is 9.76 Å². The molecule has 1 rings (SSSR count). The molecule has 0 radical (unpaired) electrons. The van der Waals surface area contributed by atoms with E-state index in [2.05, 4.69) is 0 Å². The quantitative estimate of drug-likeness (QED) is 0.305. The van der Waals surface area contributed by atoms with Gasteiger partial charge < -0.3 is 8.85 Å². The Morgan fingerprint density at radius 1 is 1.60 bits per heavy atom. The van der Waals surface area contributed by atoms with E-state index >= 15 is 0 Å². The Morgan fingerprint density at radius 3 is 3.00 bits per heavy atom. The highest BCUT2D eigenvalue weighted by molar-refractivity contribution is 6.34. The van der Waals surface area contributed by atoms with Crippen LogP contribution >= 0.6 is 0 Å². The van der Waals surface area contributed by atoms with Gasteiger partial charge in [-0.25, -0.2) is 0 Å². The minimum Gasteiger partial charge on any atom is -0.468 e. The molecule has 0 saturated carbocycles. The van der Waals surface area contributed by atoms with Crippen molar-refractivity contribution in [3.8, 4) is 0 Å². The van der Waals surface area contributed by atoms with Crippen LogP contribution in [0.15, 0.2) is 0 Å². The minimum absolute atomic E-state index is 0.0819. The molecule has 1 unspecified atom stereocenters. The molecular weight excluding hydrogens is 160 g/mol.